The van der Waals surface area contributed by atoms with Crippen molar-refractivity contribution in [3.8, 4) is 5.69 Å². The van der Waals surface area contributed by atoms with Crippen molar-refractivity contribution in [2.75, 3.05) is 17.7 Å². The molecule has 2 aromatic heterocycles. The van der Waals surface area contributed by atoms with Crippen LogP contribution in [0.2, 0.25) is 0 Å². The summed E-state index contributed by atoms with van der Waals surface area (Å²) in [6.07, 6.45) is 3.64. The van der Waals surface area contributed by atoms with Crippen LogP contribution in [0.1, 0.15) is 23.0 Å². The van der Waals surface area contributed by atoms with E-state index in [2.05, 4.69) is 31.0 Å². The van der Waals surface area contributed by atoms with E-state index >= 15 is 0 Å². The number of ether oxygens (including phenoxy) is 1. The highest BCUT2D eigenvalue weighted by Crippen LogP contribution is 2.22. The van der Waals surface area contributed by atoms with Crippen molar-refractivity contribution < 1.29 is 9.53 Å². The number of esters is 1. The molecule has 0 spiro atoms. The molecule has 0 saturated carbocycles. The van der Waals surface area contributed by atoms with Gasteiger partial charge in [0.2, 0.25) is 5.96 Å². The van der Waals surface area contributed by atoms with E-state index in [1.807, 2.05) is 17.8 Å². The van der Waals surface area contributed by atoms with Gasteiger partial charge in [-0.05, 0) is 31.2 Å². The van der Waals surface area contributed by atoms with Crippen molar-refractivity contribution in [2.24, 2.45) is 4.99 Å². The summed E-state index contributed by atoms with van der Waals surface area (Å²) in [4.78, 5) is 16.0. The minimum absolute atomic E-state index is 0.383. The Balaban J connectivity index is 1.55. The number of benzene rings is 1. The number of guanidine groups is 1. The van der Waals surface area contributed by atoms with E-state index < -0.39 is 0 Å². The Kier molecular flexibility index (Phi) is 4.29. The van der Waals surface area contributed by atoms with Gasteiger partial charge in [0.15, 0.2) is 5.82 Å². The van der Waals surface area contributed by atoms with Crippen molar-refractivity contribution >= 4 is 23.4 Å². The molecule has 1 aliphatic heterocycles. The molecule has 27 heavy (non-hydrogen) atoms. The molecule has 0 saturated heterocycles. The lowest BCUT2D eigenvalue weighted by Crippen LogP contribution is -2.27. The lowest BCUT2D eigenvalue weighted by Gasteiger charge is -2.16. The first kappa shape index (κ1) is 16.8. The zero-order valence-electron chi connectivity index (χ0n) is 14.9. The highest BCUT2D eigenvalue weighted by atomic mass is 16.5. The highest BCUT2D eigenvalue weighted by molar-refractivity contribution is 6.04. The quantitative estimate of drug-likeness (QED) is 0.676. The van der Waals surface area contributed by atoms with Gasteiger partial charge in [-0.15, -0.1) is 5.10 Å². The Labute approximate surface area is 154 Å². The number of aromatic nitrogens is 5. The van der Waals surface area contributed by atoms with Crippen molar-refractivity contribution in [1.82, 2.24) is 24.8 Å². The standard InChI is InChI=1S/C17H18N8O2/c1-3-24-10-12(8-19-24)20-17-18-9-14-15(21-17)25(23-22-14)13-6-4-11(5-7-13)16(26)27-2/h4-8,10H,3,9H2,1-2H3,(H2,18,20,21). The van der Waals surface area contributed by atoms with Crippen LogP contribution in [0.15, 0.2) is 41.7 Å². The fourth-order valence-electron chi connectivity index (χ4n) is 2.70. The zero-order chi connectivity index (χ0) is 18.8. The maximum Gasteiger partial charge on any atom is 0.337 e. The van der Waals surface area contributed by atoms with Crippen LogP contribution in [0.4, 0.5) is 11.5 Å². The maximum absolute atomic E-state index is 11.6. The summed E-state index contributed by atoms with van der Waals surface area (Å²) in [5.41, 5.74) is 2.82. The van der Waals surface area contributed by atoms with Crippen molar-refractivity contribution in [3.05, 3.63) is 47.9 Å². The number of hydrogen-bond acceptors (Lipinski definition) is 8. The fraction of sp³-hybridized carbons (Fsp3) is 0.235. The van der Waals surface area contributed by atoms with Gasteiger partial charge in [-0.3, -0.25) is 4.68 Å². The van der Waals surface area contributed by atoms with Crippen LogP contribution in [0.5, 0.6) is 0 Å². The van der Waals surface area contributed by atoms with Gasteiger partial charge in [0.1, 0.15) is 5.69 Å². The second-order valence-electron chi connectivity index (χ2n) is 5.83. The third-order valence-electron chi connectivity index (χ3n) is 4.12. The molecule has 0 radical (unpaired) electrons. The van der Waals surface area contributed by atoms with Gasteiger partial charge in [0.25, 0.3) is 0 Å². The molecule has 1 aliphatic rings. The number of nitrogens with zero attached hydrogens (tertiary/aromatic N) is 6. The van der Waals surface area contributed by atoms with Crippen molar-refractivity contribution in [1.29, 1.82) is 0 Å². The van der Waals surface area contributed by atoms with Gasteiger partial charge >= 0.3 is 5.97 Å². The molecule has 0 unspecified atom stereocenters. The normalized spacial score (nSPS) is 12.7. The molecule has 10 heteroatoms. The number of aliphatic imine (C=N–C) groups is 1. The van der Waals surface area contributed by atoms with Crippen LogP contribution >= 0.6 is 0 Å². The number of hydrogen-bond donors (Lipinski definition) is 2. The van der Waals surface area contributed by atoms with Crippen molar-refractivity contribution in [3.63, 3.8) is 0 Å². The van der Waals surface area contributed by atoms with Gasteiger partial charge in [0, 0.05) is 12.7 Å². The number of rotatable bonds is 4. The third kappa shape index (κ3) is 3.24. The molecule has 3 heterocycles. The van der Waals surface area contributed by atoms with Gasteiger partial charge in [-0.25, -0.2) is 9.79 Å². The number of fused-ring (bicyclic) bond motifs is 1. The van der Waals surface area contributed by atoms with E-state index in [4.69, 9.17) is 4.74 Å². The topological polar surface area (TPSA) is 111 Å². The van der Waals surface area contributed by atoms with E-state index in [0.717, 1.165) is 29.4 Å². The maximum atomic E-state index is 11.6. The smallest absolute Gasteiger partial charge is 0.337 e. The predicted octanol–water partition coefficient (Wildman–Crippen LogP) is 1.66. The molecule has 0 aliphatic carbocycles. The lowest BCUT2D eigenvalue weighted by atomic mass is 10.2. The summed E-state index contributed by atoms with van der Waals surface area (Å²) in [6.45, 7) is 3.23. The van der Waals surface area contributed by atoms with Crippen LogP contribution < -0.4 is 10.6 Å². The summed E-state index contributed by atoms with van der Waals surface area (Å²) < 4.78 is 8.22. The van der Waals surface area contributed by atoms with Gasteiger partial charge < -0.3 is 15.4 Å². The number of carbonyl (C=O) groups is 1. The molecule has 138 valence electrons. The number of anilines is 2. The molecular weight excluding hydrogens is 348 g/mol. The second kappa shape index (κ2) is 6.90. The van der Waals surface area contributed by atoms with Crippen LogP contribution in [0.25, 0.3) is 5.69 Å². The summed E-state index contributed by atoms with van der Waals surface area (Å²) in [7, 11) is 1.35. The summed E-state index contributed by atoms with van der Waals surface area (Å²) in [6, 6.07) is 6.94. The Bertz CT molecular complexity index is 1000. The van der Waals surface area contributed by atoms with E-state index in [9.17, 15) is 4.79 Å². The fourth-order valence-corrected chi connectivity index (χ4v) is 2.70. The van der Waals surface area contributed by atoms with Gasteiger partial charge in [0.05, 0.1) is 36.8 Å². The number of aryl methyl sites for hydroxylation is 1. The number of methoxy groups -OCH3 is 1. The first-order valence-corrected chi connectivity index (χ1v) is 8.42. The molecule has 0 fully saturated rings. The molecule has 0 amide bonds. The minimum Gasteiger partial charge on any atom is -0.465 e. The first-order chi connectivity index (χ1) is 13.2. The zero-order valence-corrected chi connectivity index (χ0v) is 14.9. The average Bonchev–Trinajstić information content (AvgIpc) is 3.34. The second-order valence-corrected chi connectivity index (χ2v) is 5.83. The van der Waals surface area contributed by atoms with Crippen LogP contribution in [0.3, 0.4) is 0 Å². The molecular formula is C17H18N8O2. The SMILES string of the molecule is CCn1cc(NC2=NCc3nnn(-c4ccc(C(=O)OC)cc4)c3N2)cn1. The van der Waals surface area contributed by atoms with Gasteiger partial charge in [-0.1, -0.05) is 5.21 Å². The summed E-state index contributed by atoms with van der Waals surface area (Å²) in [5, 5.41) is 19.0. The summed E-state index contributed by atoms with van der Waals surface area (Å²) >= 11 is 0. The minimum atomic E-state index is -0.383. The summed E-state index contributed by atoms with van der Waals surface area (Å²) in [5.74, 6) is 0.931. The molecule has 0 atom stereocenters. The average molecular weight is 366 g/mol. The van der Waals surface area contributed by atoms with Gasteiger partial charge in [-0.2, -0.15) is 9.78 Å². The largest absolute Gasteiger partial charge is 0.465 e. The van der Waals surface area contributed by atoms with Crippen molar-refractivity contribution in [2.45, 2.75) is 20.0 Å². The first-order valence-electron chi connectivity index (χ1n) is 8.42. The van der Waals surface area contributed by atoms with Crippen LogP contribution in [0, 0.1) is 0 Å². The number of nitrogens with one attached hydrogen (secondary N) is 2. The Morgan fingerprint density at radius 3 is 2.85 bits per heavy atom. The highest BCUT2D eigenvalue weighted by Gasteiger charge is 2.20. The van der Waals surface area contributed by atoms with Crippen LogP contribution in [-0.2, 0) is 17.8 Å². The van der Waals surface area contributed by atoms with Crippen LogP contribution in [-0.4, -0.2) is 43.8 Å². The molecule has 3 aromatic rings. The van der Waals surface area contributed by atoms with E-state index in [-0.39, 0.29) is 5.97 Å². The van der Waals surface area contributed by atoms with E-state index in [0.29, 0.717) is 18.1 Å². The van der Waals surface area contributed by atoms with E-state index in [1.165, 1.54) is 7.11 Å². The number of carbonyl (C=O) groups excluding carboxylic acids is 1. The predicted molar refractivity (Wildman–Crippen MR) is 99.0 cm³/mol. The third-order valence-corrected chi connectivity index (χ3v) is 4.12. The molecule has 1 aromatic carbocycles. The Morgan fingerprint density at radius 1 is 1.33 bits per heavy atom. The molecule has 10 nitrogen and oxygen atoms in total. The monoisotopic (exact) mass is 366 g/mol. The Hall–Kier alpha value is -3.69. The Morgan fingerprint density at radius 2 is 2.15 bits per heavy atom. The lowest BCUT2D eigenvalue weighted by molar-refractivity contribution is 0.0600. The molecule has 0 bridgehead atoms. The molecule has 2 N–H and O–H groups in total. The molecule has 4 rings (SSSR count). The van der Waals surface area contributed by atoms with E-state index in [1.54, 1.807) is 35.1 Å².